The van der Waals surface area contributed by atoms with Crippen LogP contribution in [0.2, 0.25) is 5.02 Å². The van der Waals surface area contributed by atoms with Gasteiger partial charge in [0.1, 0.15) is 6.04 Å². The van der Waals surface area contributed by atoms with Crippen molar-refractivity contribution in [2.45, 2.75) is 11.3 Å². The van der Waals surface area contributed by atoms with Crippen molar-refractivity contribution in [3.63, 3.8) is 0 Å². The lowest BCUT2D eigenvalue weighted by Crippen LogP contribution is -2.35. The molecule has 1 aromatic carbocycles. The predicted molar refractivity (Wildman–Crippen MR) is 61.7 cm³/mol. The molecule has 2 rings (SSSR count). The maximum absolute atomic E-state index is 11.2. The molecule has 1 aliphatic heterocycles. The third-order valence-corrected chi connectivity index (χ3v) is 3.66. The summed E-state index contributed by atoms with van der Waals surface area (Å²) in [4.78, 5) is 22.1. The van der Waals surface area contributed by atoms with Crippen LogP contribution in [0.1, 0.15) is 10.8 Å². The Bertz CT molecular complexity index is 434. The highest BCUT2D eigenvalue weighted by Crippen LogP contribution is 2.38. The molecule has 0 spiro atoms. The third-order valence-electron chi connectivity index (χ3n) is 2.27. The Morgan fingerprint density at radius 3 is 2.56 bits per heavy atom. The van der Waals surface area contributed by atoms with Gasteiger partial charge in [-0.2, -0.15) is 0 Å². The van der Waals surface area contributed by atoms with Crippen LogP contribution in [0.4, 0.5) is 4.79 Å². The van der Waals surface area contributed by atoms with Crippen molar-refractivity contribution in [2.24, 2.45) is 0 Å². The average molecular weight is 258 g/mol. The SMILES string of the molecule is O=C1NC(C(=O)O)C(c2ccc(Cl)cc2)S1. The van der Waals surface area contributed by atoms with Crippen LogP contribution < -0.4 is 5.32 Å². The van der Waals surface area contributed by atoms with Gasteiger partial charge in [0.15, 0.2) is 0 Å². The Kier molecular flexibility index (Phi) is 3.07. The molecule has 2 atom stereocenters. The van der Waals surface area contributed by atoms with Gasteiger partial charge in [-0.05, 0) is 17.7 Å². The molecule has 1 fully saturated rings. The van der Waals surface area contributed by atoms with Crippen LogP contribution in [0.5, 0.6) is 0 Å². The minimum absolute atomic E-state index is 0.313. The first kappa shape index (κ1) is 11.3. The quantitative estimate of drug-likeness (QED) is 0.853. The fourth-order valence-electron chi connectivity index (χ4n) is 1.52. The van der Waals surface area contributed by atoms with Crippen LogP contribution in [0.15, 0.2) is 24.3 Å². The Balaban J connectivity index is 2.28. The third kappa shape index (κ3) is 2.15. The second-order valence-corrected chi connectivity index (χ2v) is 4.89. The van der Waals surface area contributed by atoms with Gasteiger partial charge in [0.05, 0.1) is 5.25 Å². The Morgan fingerprint density at radius 1 is 1.38 bits per heavy atom. The maximum atomic E-state index is 11.2. The Morgan fingerprint density at radius 2 is 2.00 bits per heavy atom. The van der Waals surface area contributed by atoms with E-state index in [1.165, 1.54) is 0 Å². The van der Waals surface area contributed by atoms with E-state index in [-0.39, 0.29) is 5.24 Å². The number of benzene rings is 1. The van der Waals surface area contributed by atoms with E-state index < -0.39 is 17.3 Å². The zero-order valence-electron chi connectivity index (χ0n) is 8.01. The zero-order valence-corrected chi connectivity index (χ0v) is 9.59. The summed E-state index contributed by atoms with van der Waals surface area (Å²) < 4.78 is 0. The molecule has 2 unspecified atom stereocenters. The lowest BCUT2D eigenvalue weighted by Gasteiger charge is -2.13. The van der Waals surface area contributed by atoms with E-state index in [4.69, 9.17) is 16.7 Å². The number of rotatable bonds is 2. The van der Waals surface area contributed by atoms with Crippen LogP contribution in [0, 0.1) is 0 Å². The number of amides is 1. The van der Waals surface area contributed by atoms with E-state index in [0.717, 1.165) is 17.3 Å². The Hall–Kier alpha value is -1.20. The molecule has 1 heterocycles. The molecule has 0 bridgehead atoms. The summed E-state index contributed by atoms with van der Waals surface area (Å²) in [5, 5.41) is 11.2. The van der Waals surface area contributed by atoms with Crippen LogP contribution in [0.25, 0.3) is 0 Å². The van der Waals surface area contributed by atoms with Crippen molar-refractivity contribution in [2.75, 3.05) is 0 Å². The monoisotopic (exact) mass is 257 g/mol. The topological polar surface area (TPSA) is 66.4 Å². The van der Waals surface area contributed by atoms with E-state index in [9.17, 15) is 9.59 Å². The molecule has 84 valence electrons. The number of carboxylic acid groups (broad SMARTS) is 1. The summed E-state index contributed by atoms with van der Waals surface area (Å²) in [5.74, 6) is -1.03. The first-order valence-corrected chi connectivity index (χ1v) is 5.79. The molecular weight excluding hydrogens is 250 g/mol. The van der Waals surface area contributed by atoms with Gasteiger partial charge in [-0.15, -0.1) is 0 Å². The fraction of sp³-hybridized carbons (Fsp3) is 0.200. The largest absolute Gasteiger partial charge is 0.480 e. The summed E-state index contributed by atoms with van der Waals surface area (Å²) in [6.45, 7) is 0. The molecule has 0 aromatic heterocycles. The number of thioether (sulfide) groups is 1. The summed E-state index contributed by atoms with van der Waals surface area (Å²) in [7, 11) is 0. The number of hydrogen-bond acceptors (Lipinski definition) is 3. The van der Waals surface area contributed by atoms with E-state index in [1.807, 2.05) is 0 Å². The molecule has 1 amide bonds. The van der Waals surface area contributed by atoms with E-state index in [0.29, 0.717) is 5.02 Å². The van der Waals surface area contributed by atoms with Crippen molar-refractivity contribution in [3.05, 3.63) is 34.9 Å². The number of carboxylic acids is 1. The molecule has 4 nitrogen and oxygen atoms in total. The number of nitrogens with one attached hydrogen (secondary N) is 1. The highest BCUT2D eigenvalue weighted by Gasteiger charge is 2.39. The van der Waals surface area contributed by atoms with Gasteiger partial charge in [-0.1, -0.05) is 35.5 Å². The minimum Gasteiger partial charge on any atom is -0.480 e. The predicted octanol–water partition coefficient (Wildman–Crippen LogP) is 2.29. The second kappa shape index (κ2) is 4.35. The lowest BCUT2D eigenvalue weighted by molar-refractivity contribution is -0.139. The number of carbonyl (C=O) groups is 2. The zero-order chi connectivity index (χ0) is 11.7. The molecule has 1 aromatic rings. The van der Waals surface area contributed by atoms with Gasteiger partial charge in [-0.3, -0.25) is 4.79 Å². The van der Waals surface area contributed by atoms with Crippen LogP contribution in [-0.2, 0) is 4.79 Å². The highest BCUT2D eigenvalue weighted by atomic mass is 35.5. The molecule has 1 aliphatic rings. The minimum atomic E-state index is -1.03. The van der Waals surface area contributed by atoms with Gasteiger partial charge in [0.25, 0.3) is 5.24 Å². The van der Waals surface area contributed by atoms with Crippen LogP contribution in [0.3, 0.4) is 0 Å². The van der Waals surface area contributed by atoms with Gasteiger partial charge < -0.3 is 10.4 Å². The molecular formula is C10H8ClNO3S. The summed E-state index contributed by atoms with van der Waals surface area (Å²) in [5.41, 5.74) is 0.778. The Labute approximate surface area is 101 Å². The summed E-state index contributed by atoms with van der Waals surface area (Å²) in [6, 6.07) is 5.95. The van der Waals surface area contributed by atoms with Crippen molar-refractivity contribution in [1.82, 2.24) is 5.32 Å². The highest BCUT2D eigenvalue weighted by molar-refractivity contribution is 8.14. The molecule has 0 saturated carbocycles. The fourth-order valence-corrected chi connectivity index (χ4v) is 2.69. The molecule has 1 saturated heterocycles. The number of hydrogen-bond donors (Lipinski definition) is 2. The summed E-state index contributed by atoms with van der Waals surface area (Å²) in [6.07, 6.45) is 0. The van der Waals surface area contributed by atoms with Gasteiger partial charge in [-0.25, -0.2) is 4.79 Å². The maximum Gasteiger partial charge on any atom is 0.327 e. The van der Waals surface area contributed by atoms with Crippen molar-refractivity contribution in [1.29, 1.82) is 0 Å². The lowest BCUT2D eigenvalue weighted by atomic mass is 10.1. The van der Waals surface area contributed by atoms with Crippen LogP contribution >= 0.6 is 23.4 Å². The van der Waals surface area contributed by atoms with Gasteiger partial charge >= 0.3 is 5.97 Å². The van der Waals surface area contributed by atoms with E-state index in [1.54, 1.807) is 24.3 Å². The first-order chi connectivity index (χ1) is 7.58. The van der Waals surface area contributed by atoms with Gasteiger partial charge in [0, 0.05) is 5.02 Å². The number of carbonyl (C=O) groups excluding carboxylic acids is 1. The van der Waals surface area contributed by atoms with Crippen molar-refractivity contribution < 1.29 is 14.7 Å². The molecule has 6 heteroatoms. The standard InChI is InChI=1S/C10H8ClNO3S/c11-6-3-1-5(2-4-6)8-7(9(13)14)12-10(15)16-8/h1-4,7-8H,(H,12,15)(H,13,14). The van der Waals surface area contributed by atoms with Crippen molar-refractivity contribution in [3.8, 4) is 0 Å². The molecule has 16 heavy (non-hydrogen) atoms. The number of aliphatic carboxylic acids is 1. The van der Waals surface area contributed by atoms with Crippen molar-refractivity contribution >= 4 is 34.6 Å². The second-order valence-electron chi connectivity index (χ2n) is 3.34. The average Bonchev–Trinajstić information content (AvgIpc) is 2.61. The molecule has 0 aliphatic carbocycles. The first-order valence-electron chi connectivity index (χ1n) is 4.53. The molecule has 2 N–H and O–H groups in total. The number of halogens is 1. The van der Waals surface area contributed by atoms with E-state index >= 15 is 0 Å². The van der Waals surface area contributed by atoms with Crippen LogP contribution in [-0.4, -0.2) is 22.4 Å². The molecule has 0 radical (unpaired) electrons. The smallest absolute Gasteiger partial charge is 0.327 e. The van der Waals surface area contributed by atoms with Gasteiger partial charge in [0.2, 0.25) is 0 Å². The summed E-state index contributed by atoms with van der Waals surface area (Å²) >= 11 is 6.73. The normalized spacial score (nSPS) is 24.2. The van der Waals surface area contributed by atoms with E-state index in [2.05, 4.69) is 5.32 Å².